The number of allylic oxidation sites excluding steroid dienone is 1. The molecule has 0 heterocycles. The van der Waals surface area contributed by atoms with Crippen molar-refractivity contribution in [1.29, 1.82) is 0 Å². The number of benzene rings is 5. The minimum atomic E-state index is -0.528. The Morgan fingerprint density at radius 3 is 1.41 bits per heavy atom. The van der Waals surface area contributed by atoms with E-state index in [1.165, 1.54) is 22.3 Å². The van der Waals surface area contributed by atoms with Crippen LogP contribution in [-0.2, 0) is 10.2 Å². The van der Waals surface area contributed by atoms with E-state index in [-0.39, 0.29) is 11.9 Å². The highest BCUT2D eigenvalue weighted by Crippen LogP contribution is 2.46. The zero-order chi connectivity index (χ0) is 26.7. The van der Waals surface area contributed by atoms with Crippen LogP contribution in [0.4, 0.5) is 0 Å². The monoisotopic (exact) mass is 507 g/mol. The predicted octanol–water partition coefficient (Wildman–Crippen LogP) is 7.83. The van der Waals surface area contributed by atoms with Crippen LogP contribution in [0.15, 0.2) is 151 Å². The summed E-state index contributed by atoms with van der Waals surface area (Å²) in [6.45, 7) is 2.24. The van der Waals surface area contributed by atoms with E-state index in [2.05, 4.69) is 121 Å². The molecule has 0 unspecified atom stereocenters. The van der Waals surface area contributed by atoms with Crippen molar-refractivity contribution in [2.45, 2.75) is 24.7 Å². The summed E-state index contributed by atoms with van der Waals surface area (Å²) < 4.78 is 6.08. The number of ether oxygens (including phenoxy) is 1. The van der Waals surface area contributed by atoms with Crippen LogP contribution in [-0.4, -0.2) is 6.61 Å². The van der Waals surface area contributed by atoms with E-state index >= 15 is 0 Å². The maximum absolute atomic E-state index is 13.6. The lowest BCUT2D eigenvalue weighted by Crippen LogP contribution is -2.31. The first kappa shape index (κ1) is 24.8. The first-order valence-corrected chi connectivity index (χ1v) is 13.5. The summed E-state index contributed by atoms with van der Waals surface area (Å²) >= 11 is 0. The summed E-state index contributed by atoms with van der Waals surface area (Å²) in [5, 5.41) is 13.6. The molecule has 0 bridgehead atoms. The van der Waals surface area contributed by atoms with Gasteiger partial charge in [0.15, 0.2) is 0 Å². The Balaban J connectivity index is 1.37. The molecule has 0 spiro atoms. The second-order valence-electron chi connectivity index (χ2n) is 10.3. The van der Waals surface area contributed by atoms with Crippen LogP contribution in [0.1, 0.15) is 47.1 Å². The zero-order valence-corrected chi connectivity index (χ0v) is 22.1. The number of rotatable bonds is 8. The SMILES string of the molecule is C/C(CC(c1ccccc1)(c1ccccc1)c1ccccc1)=C(\[O-])OCC1c2ccccc2-c2ccccc21. The first-order chi connectivity index (χ1) is 19.2. The third kappa shape index (κ3) is 4.53. The minimum Gasteiger partial charge on any atom is -0.612 e. The number of fused-ring (bicyclic) bond motifs is 3. The fourth-order valence-corrected chi connectivity index (χ4v) is 6.17. The molecule has 0 aliphatic heterocycles. The maximum Gasteiger partial charge on any atom is 0.0502 e. The number of hydrogen-bond acceptors (Lipinski definition) is 2. The standard InChI is InChI=1S/C37H32O2/c1-27(36(38)39-26-35-33-23-13-11-21-31(33)32-22-12-14-24-34(32)35)25-37(28-15-5-2-6-16-28,29-17-7-3-8-18-29)30-19-9-4-10-20-30/h2-24,35,38H,25-26H2,1H3/p-1/b36-27-. The van der Waals surface area contributed by atoms with Gasteiger partial charge in [0, 0.05) is 17.9 Å². The van der Waals surface area contributed by atoms with Gasteiger partial charge in [-0.3, -0.25) is 0 Å². The molecule has 2 heteroatoms. The van der Waals surface area contributed by atoms with Crippen LogP contribution in [0.25, 0.3) is 11.1 Å². The maximum atomic E-state index is 13.6. The summed E-state index contributed by atoms with van der Waals surface area (Å²) in [4.78, 5) is 0. The third-order valence-electron chi connectivity index (χ3n) is 8.02. The molecule has 192 valence electrons. The van der Waals surface area contributed by atoms with Crippen molar-refractivity contribution in [2.75, 3.05) is 6.61 Å². The van der Waals surface area contributed by atoms with Crippen LogP contribution in [0, 0.1) is 0 Å². The van der Waals surface area contributed by atoms with E-state index in [1.54, 1.807) is 0 Å². The van der Waals surface area contributed by atoms with Gasteiger partial charge in [-0.25, -0.2) is 0 Å². The zero-order valence-electron chi connectivity index (χ0n) is 22.1. The highest BCUT2D eigenvalue weighted by Gasteiger charge is 2.36. The predicted molar refractivity (Wildman–Crippen MR) is 156 cm³/mol. The highest BCUT2D eigenvalue weighted by atomic mass is 16.6. The topological polar surface area (TPSA) is 32.3 Å². The molecule has 0 saturated carbocycles. The van der Waals surface area contributed by atoms with Crippen molar-refractivity contribution in [3.05, 3.63) is 179 Å². The van der Waals surface area contributed by atoms with Crippen molar-refractivity contribution in [2.24, 2.45) is 0 Å². The Kier molecular flexibility index (Phi) is 6.77. The average molecular weight is 508 g/mol. The van der Waals surface area contributed by atoms with Crippen molar-refractivity contribution in [3.8, 4) is 11.1 Å². The molecule has 0 saturated heterocycles. The smallest absolute Gasteiger partial charge is 0.0502 e. The Bertz CT molecular complexity index is 1440. The summed E-state index contributed by atoms with van der Waals surface area (Å²) in [6, 6.07) is 48.3. The molecule has 5 aromatic carbocycles. The largest absolute Gasteiger partial charge is 0.612 e. The molecule has 0 N–H and O–H groups in total. The van der Waals surface area contributed by atoms with Gasteiger partial charge in [0.2, 0.25) is 0 Å². The molecule has 0 atom stereocenters. The molecule has 0 radical (unpaired) electrons. The Hall–Kier alpha value is -4.56. The van der Waals surface area contributed by atoms with E-state index < -0.39 is 5.41 Å². The van der Waals surface area contributed by atoms with Crippen molar-refractivity contribution < 1.29 is 9.84 Å². The molecule has 5 aromatic rings. The normalized spacial score (nSPS) is 13.4. The van der Waals surface area contributed by atoms with Gasteiger partial charge in [0.25, 0.3) is 0 Å². The van der Waals surface area contributed by atoms with Gasteiger partial charge in [-0.05, 0) is 52.3 Å². The summed E-state index contributed by atoms with van der Waals surface area (Å²) in [5.74, 6) is -0.208. The first-order valence-electron chi connectivity index (χ1n) is 13.5. The number of hydrogen-bond donors (Lipinski definition) is 0. The van der Waals surface area contributed by atoms with E-state index in [0.717, 1.165) is 16.7 Å². The van der Waals surface area contributed by atoms with Gasteiger partial charge in [0.05, 0.1) is 5.95 Å². The van der Waals surface area contributed by atoms with Crippen LogP contribution < -0.4 is 5.11 Å². The quantitative estimate of drug-likeness (QED) is 0.158. The van der Waals surface area contributed by atoms with Crippen molar-refractivity contribution >= 4 is 0 Å². The Morgan fingerprint density at radius 1 is 0.590 bits per heavy atom. The van der Waals surface area contributed by atoms with Gasteiger partial charge in [-0.15, -0.1) is 0 Å². The molecule has 0 amide bonds. The van der Waals surface area contributed by atoms with Crippen LogP contribution >= 0.6 is 0 Å². The lowest BCUT2D eigenvalue weighted by molar-refractivity contribution is -0.359. The molecule has 2 nitrogen and oxygen atoms in total. The van der Waals surface area contributed by atoms with Crippen LogP contribution in [0.5, 0.6) is 0 Å². The van der Waals surface area contributed by atoms with Crippen molar-refractivity contribution in [1.82, 2.24) is 0 Å². The molecule has 1 aliphatic rings. The molecule has 0 aromatic heterocycles. The minimum absolute atomic E-state index is 0.0382. The molecule has 0 fully saturated rings. The molecular weight excluding hydrogens is 476 g/mol. The second-order valence-corrected chi connectivity index (χ2v) is 10.3. The molecular formula is C37H31O2-. The van der Waals surface area contributed by atoms with Gasteiger partial charge in [-0.1, -0.05) is 145 Å². The van der Waals surface area contributed by atoms with Crippen LogP contribution in [0.2, 0.25) is 0 Å². The highest BCUT2D eigenvalue weighted by molar-refractivity contribution is 5.78. The van der Waals surface area contributed by atoms with Gasteiger partial charge in [-0.2, -0.15) is 0 Å². The van der Waals surface area contributed by atoms with Crippen LogP contribution in [0.3, 0.4) is 0 Å². The summed E-state index contributed by atoms with van der Waals surface area (Å²) in [7, 11) is 0. The fourth-order valence-electron chi connectivity index (χ4n) is 6.17. The van der Waals surface area contributed by atoms with Gasteiger partial charge in [0.1, 0.15) is 0 Å². The Labute approximate surface area is 230 Å². The van der Waals surface area contributed by atoms with E-state index in [4.69, 9.17) is 4.74 Å². The lowest BCUT2D eigenvalue weighted by atomic mass is 9.66. The molecule has 6 rings (SSSR count). The van der Waals surface area contributed by atoms with Gasteiger partial charge < -0.3 is 9.84 Å². The fraction of sp³-hybridized carbons (Fsp3) is 0.135. The lowest BCUT2D eigenvalue weighted by Gasteiger charge is -2.37. The van der Waals surface area contributed by atoms with Gasteiger partial charge >= 0.3 is 0 Å². The summed E-state index contributed by atoms with van der Waals surface area (Å²) in [5.41, 5.74) is 8.50. The second kappa shape index (κ2) is 10.7. The molecule has 1 aliphatic carbocycles. The van der Waals surface area contributed by atoms with E-state index in [0.29, 0.717) is 18.6 Å². The Morgan fingerprint density at radius 2 is 0.974 bits per heavy atom. The average Bonchev–Trinajstić information content (AvgIpc) is 3.33. The van der Waals surface area contributed by atoms with E-state index in [1.807, 2.05) is 25.1 Å². The third-order valence-corrected chi connectivity index (χ3v) is 8.02. The summed E-state index contributed by atoms with van der Waals surface area (Å²) in [6.07, 6.45) is 0.516. The van der Waals surface area contributed by atoms with E-state index in [9.17, 15) is 5.11 Å². The van der Waals surface area contributed by atoms with Crippen molar-refractivity contribution in [3.63, 3.8) is 0 Å². The molecule has 39 heavy (non-hydrogen) atoms.